The molecule has 3 aromatic rings. The van der Waals surface area contributed by atoms with E-state index in [9.17, 15) is 9.18 Å². The van der Waals surface area contributed by atoms with Gasteiger partial charge >= 0.3 is 0 Å². The average molecular weight is 428 g/mol. The van der Waals surface area contributed by atoms with Gasteiger partial charge in [-0.3, -0.25) is 4.79 Å². The normalized spacial score (nSPS) is 16.8. The first-order valence-electron chi connectivity index (χ1n) is 9.20. The number of hydrogen-bond donors (Lipinski definition) is 1. The van der Waals surface area contributed by atoms with Crippen LogP contribution in [0.15, 0.2) is 30.3 Å². The molecule has 0 bridgehead atoms. The molecule has 2 aromatic carbocycles. The van der Waals surface area contributed by atoms with E-state index >= 15 is 0 Å². The number of rotatable bonds is 4. The van der Waals surface area contributed by atoms with Gasteiger partial charge < -0.3 is 24.3 Å². The molecule has 3 heterocycles. The molecule has 1 amide bonds. The van der Waals surface area contributed by atoms with Crippen molar-refractivity contribution in [1.29, 1.82) is 0 Å². The topological polar surface area (TPSA) is 78.9 Å². The molecule has 0 aliphatic carbocycles. The molecule has 0 radical (unpaired) electrons. The van der Waals surface area contributed by atoms with Gasteiger partial charge in [-0.15, -0.1) is 0 Å². The average Bonchev–Trinajstić information content (AvgIpc) is 3.40. The smallest absolute Gasteiger partial charge is 0.231 e. The predicted molar refractivity (Wildman–Crippen MR) is 108 cm³/mol. The molecule has 1 N–H and O–H groups in total. The number of anilines is 1. The zero-order valence-corrected chi connectivity index (χ0v) is 17.0. The zero-order valence-electron chi connectivity index (χ0n) is 16.2. The van der Waals surface area contributed by atoms with E-state index in [0.717, 1.165) is 16.0 Å². The van der Waals surface area contributed by atoms with Crippen molar-refractivity contribution < 1.29 is 28.1 Å². The van der Waals surface area contributed by atoms with Crippen LogP contribution in [0.1, 0.15) is 22.8 Å². The van der Waals surface area contributed by atoms with Crippen LogP contribution in [0.2, 0.25) is 0 Å². The molecule has 0 spiro atoms. The number of methoxy groups -OCH3 is 2. The summed E-state index contributed by atoms with van der Waals surface area (Å²) in [6.45, 7) is 0.0666. The molecule has 30 heavy (non-hydrogen) atoms. The number of carbonyl (C=O) groups is 1. The van der Waals surface area contributed by atoms with E-state index < -0.39 is 0 Å². The zero-order chi connectivity index (χ0) is 20.8. The monoisotopic (exact) mass is 428 g/mol. The maximum atomic E-state index is 13.3. The molecular formula is C21H17FN2O5S. The van der Waals surface area contributed by atoms with Gasteiger partial charge in [0.2, 0.25) is 24.2 Å². The summed E-state index contributed by atoms with van der Waals surface area (Å²) in [6, 6.07) is 7.84. The summed E-state index contributed by atoms with van der Waals surface area (Å²) in [7, 11) is 3.10. The molecule has 2 aliphatic heterocycles. The number of fused-ring (bicyclic) bond motifs is 2. The Bertz CT molecular complexity index is 1150. The molecule has 0 saturated carbocycles. The van der Waals surface area contributed by atoms with Crippen molar-refractivity contribution in [2.45, 2.75) is 12.3 Å². The highest BCUT2D eigenvalue weighted by Crippen LogP contribution is 2.55. The van der Waals surface area contributed by atoms with Crippen LogP contribution in [0.25, 0.3) is 11.3 Å². The summed E-state index contributed by atoms with van der Waals surface area (Å²) in [5.41, 5.74) is 2.72. The Morgan fingerprint density at radius 2 is 1.93 bits per heavy atom. The van der Waals surface area contributed by atoms with E-state index in [1.54, 1.807) is 26.4 Å². The first kappa shape index (κ1) is 18.7. The lowest BCUT2D eigenvalue weighted by Gasteiger charge is -2.25. The molecule has 0 saturated heterocycles. The van der Waals surface area contributed by atoms with Crippen molar-refractivity contribution >= 4 is 23.1 Å². The summed E-state index contributed by atoms with van der Waals surface area (Å²) < 4.78 is 40.2. The van der Waals surface area contributed by atoms with Gasteiger partial charge in [-0.05, 0) is 41.9 Å². The lowest BCUT2D eigenvalue weighted by atomic mass is 9.88. The summed E-state index contributed by atoms with van der Waals surface area (Å²) in [4.78, 5) is 13.5. The van der Waals surface area contributed by atoms with Gasteiger partial charge in [0, 0.05) is 23.5 Å². The van der Waals surface area contributed by atoms with Gasteiger partial charge in [-0.1, -0.05) is 0 Å². The van der Waals surface area contributed by atoms with E-state index in [1.807, 2.05) is 6.07 Å². The minimum Gasteiger partial charge on any atom is -0.493 e. The maximum Gasteiger partial charge on any atom is 0.231 e. The Hall–Kier alpha value is -3.33. The van der Waals surface area contributed by atoms with Crippen molar-refractivity contribution in [1.82, 2.24) is 4.37 Å². The molecule has 1 aromatic heterocycles. The van der Waals surface area contributed by atoms with Crippen LogP contribution < -0.4 is 24.3 Å². The fraction of sp³-hybridized carbons (Fsp3) is 0.238. The van der Waals surface area contributed by atoms with E-state index in [-0.39, 0.29) is 30.9 Å². The van der Waals surface area contributed by atoms with Crippen molar-refractivity contribution in [3.63, 3.8) is 0 Å². The molecule has 9 heteroatoms. The van der Waals surface area contributed by atoms with Crippen LogP contribution in [0.5, 0.6) is 23.0 Å². The van der Waals surface area contributed by atoms with E-state index in [1.165, 1.54) is 23.7 Å². The standard InChI is InChI=1S/C21H17FN2O5S/c1-26-14-7-12(18(27-2)20-19(14)28-9-29-20)13-8-15(25)23-17-16(24-30-21(13)17)10-3-5-11(22)6-4-10/h3-7,13H,8-9H2,1-2H3,(H,23,25)/t13-/m1/s1. The Labute approximate surface area is 175 Å². The number of hydrogen-bond acceptors (Lipinski definition) is 7. The molecular weight excluding hydrogens is 411 g/mol. The van der Waals surface area contributed by atoms with Crippen LogP contribution in [-0.4, -0.2) is 31.3 Å². The Balaban J connectivity index is 1.66. The van der Waals surface area contributed by atoms with Gasteiger partial charge in [0.25, 0.3) is 0 Å². The van der Waals surface area contributed by atoms with Gasteiger partial charge in [0.15, 0.2) is 11.5 Å². The van der Waals surface area contributed by atoms with E-state index in [2.05, 4.69) is 9.69 Å². The lowest BCUT2D eigenvalue weighted by Crippen LogP contribution is -2.23. The van der Waals surface area contributed by atoms with Crippen LogP contribution in [0, 0.1) is 5.82 Å². The number of ether oxygens (including phenoxy) is 4. The number of carbonyl (C=O) groups excluding carboxylic acids is 1. The van der Waals surface area contributed by atoms with Crippen molar-refractivity contribution in [3.05, 3.63) is 46.6 Å². The second-order valence-electron chi connectivity index (χ2n) is 6.85. The fourth-order valence-corrected chi connectivity index (χ4v) is 4.80. The number of nitrogens with one attached hydrogen (secondary N) is 1. The number of benzene rings is 2. The highest BCUT2D eigenvalue weighted by Gasteiger charge is 2.37. The van der Waals surface area contributed by atoms with Gasteiger partial charge in [0.05, 0.1) is 24.8 Å². The van der Waals surface area contributed by atoms with Crippen LogP contribution in [0.4, 0.5) is 10.1 Å². The lowest BCUT2D eigenvalue weighted by molar-refractivity contribution is -0.116. The summed E-state index contributed by atoms with van der Waals surface area (Å²) in [5.74, 6) is 1.17. The Kier molecular flexibility index (Phi) is 4.47. The summed E-state index contributed by atoms with van der Waals surface area (Å²) in [5, 5.41) is 2.93. The van der Waals surface area contributed by atoms with E-state index in [4.69, 9.17) is 18.9 Å². The number of halogens is 1. The Morgan fingerprint density at radius 3 is 2.67 bits per heavy atom. The van der Waals surface area contributed by atoms with Crippen molar-refractivity contribution in [2.24, 2.45) is 0 Å². The third-order valence-electron chi connectivity index (χ3n) is 5.20. The molecule has 7 nitrogen and oxygen atoms in total. The van der Waals surface area contributed by atoms with Crippen molar-refractivity contribution in [3.8, 4) is 34.3 Å². The first-order valence-corrected chi connectivity index (χ1v) is 9.98. The predicted octanol–water partition coefficient (Wildman–Crippen LogP) is 4.17. The minimum absolute atomic E-state index is 0.0666. The van der Waals surface area contributed by atoms with E-state index in [0.29, 0.717) is 34.4 Å². The molecule has 5 rings (SSSR count). The van der Waals surface area contributed by atoms with Gasteiger partial charge in [0.1, 0.15) is 11.5 Å². The molecule has 0 unspecified atom stereocenters. The largest absolute Gasteiger partial charge is 0.493 e. The summed E-state index contributed by atoms with van der Waals surface area (Å²) in [6.07, 6.45) is 0.219. The first-order chi connectivity index (χ1) is 14.6. The summed E-state index contributed by atoms with van der Waals surface area (Å²) >= 11 is 1.30. The molecule has 1 atom stereocenters. The molecule has 154 valence electrons. The third-order valence-corrected chi connectivity index (χ3v) is 6.16. The SMILES string of the molecule is COc1cc([C@H]2CC(=O)Nc3c(-c4ccc(F)cc4)nsc32)c(OC)c2c1OCO2. The second kappa shape index (κ2) is 7.17. The van der Waals surface area contributed by atoms with Crippen LogP contribution >= 0.6 is 11.5 Å². The highest BCUT2D eigenvalue weighted by atomic mass is 32.1. The van der Waals surface area contributed by atoms with Gasteiger partial charge in [-0.25, -0.2) is 4.39 Å². The maximum absolute atomic E-state index is 13.3. The van der Waals surface area contributed by atoms with Crippen LogP contribution in [-0.2, 0) is 4.79 Å². The molecule has 2 aliphatic rings. The fourth-order valence-electron chi connectivity index (χ4n) is 3.84. The quantitative estimate of drug-likeness (QED) is 0.672. The second-order valence-corrected chi connectivity index (χ2v) is 7.65. The Morgan fingerprint density at radius 1 is 1.17 bits per heavy atom. The third kappa shape index (κ3) is 2.85. The van der Waals surface area contributed by atoms with Crippen molar-refractivity contribution in [2.75, 3.05) is 26.3 Å². The number of amides is 1. The molecule has 0 fully saturated rings. The van der Waals surface area contributed by atoms with Gasteiger partial charge in [-0.2, -0.15) is 4.37 Å². The number of nitrogens with zero attached hydrogens (tertiary/aromatic N) is 1. The number of aromatic nitrogens is 1. The minimum atomic E-state index is -0.332. The highest BCUT2D eigenvalue weighted by molar-refractivity contribution is 7.07. The van der Waals surface area contributed by atoms with Crippen LogP contribution in [0.3, 0.4) is 0 Å².